The lowest BCUT2D eigenvalue weighted by Gasteiger charge is -2.11. The van der Waals surface area contributed by atoms with Crippen molar-refractivity contribution in [2.24, 2.45) is 0 Å². The smallest absolute Gasteiger partial charge is 0.0488 e. The van der Waals surface area contributed by atoms with E-state index in [1.807, 2.05) is 37.5 Å². The van der Waals surface area contributed by atoms with Gasteiger partial charge in [-0.3, -0.25) is 4.98 Å². The average molecular weight is 306 g/mol. The van der Waals surface area contributed by atoms with Crippen molar-refractivity contribution in [3.8, 4) is 0 Å². The Kier molecular flexibility index (Phi) is 4.20. The van der Waals surface area contributed by atoms with Crippen LogP contribution in [0.3, 0.4) is 0 Å². The Hall–Kier alpha value is -1.55. The SMILES string of the molecule is Cc1cc(NCCc2ccncc2)c(Br)cc1N. The summed E-state index contributed by atoms with van der Waals surface area (Å²) in [6.07, 6.45) is 4.61. The second kappa shape index (κ2) is 5.87. The first kappa shape index (κ1) is 12.9. The van der Waals surface area contributed by atoms with E-state index in [1.165, 1.54) is 5.56 Å². The Morgan fingerprint density at radius 2 is 2.00 bits per heavy atom. The summed E-state index contributed by atoms with van der Waals surface area (Å²) in [4.78, 5) is 4.01. The maximum Gasteiger partial charge on any atom is 0.0488 e. The highest BCUT2D eigenvalue weighted by atomic mass is 79.9. The first-order chi connectivity index (χ1) is 8.66. The molecule has 0 aliphatic rings. The van der Waals surface area contributed by atoms with E-state index >= 15 is 0 Å². The van der Waals surface area contributed by atoms with Crippen molar-refractivity contribution in [1.82, 2.24) is 4.98 Å². The molecule has 0 amide bonds. The molecule has 0 atom stereocenters. The van der Waals surface area contributed by atoms with Gasteiger partial charge in [0.15, 0.2) is 0 Å². The standard InChI is InChI=1S/C14H16BrN3/c1-10-8-14(12(15)9-13(10)16)18-7-4-11-2-5-17-6-3-11/h2-3,5-6,8-9,18H,4,7,16H2,1H3. The minimum atomic E-state index is 0.807. The summed E-state index contributed by atoms with van der Waals surface area (Å²) in [6.45, 7) is 2.89. The van der Waals surface area contributed by atoms with E-state index in [0.717, 1.165) is 34.4 Å². The largest absolute Gasteiger partial charge is 0.398 e. The highest BCUT2D eigenvalue weighted by molar-refractivity contribution is 9.10. The van der Waals surface area contributed by atoms with Gasteiger partial charge in [-0.2, -0.15) is 0 Å². The number of nitrogens with zero attached hydrogens (tertiary/aromatic N) is 1. The molecule has 0 radical (unpaired) electrons. The molecule has 4 heteroatoms. The van der Waals surface area contributed by atoms with Crippen molar-refractivity contribution >= 4 is 27.3 Å². The minimum absolute atomic E-state index is 0.807. The molecule has 1 heterocycles. The van der Waals surface area contributed by atoms with Crippen LogP contribution in [-0.4, -0.2) is 11.5 Å². The Balaban J connectivity index is 1.97. The predicted molar refractivity (Wildman–Crippen MR) is 79.7 cm³/mol. The van der Waals surface area contributed by atoms with Gasteiger partial charge in [0.25, 0.3) is 0 Å². The van der Waals surface area contributed by atoms with Gasteiger partial charge in [0.1, 0.15) is 0 Å². The van der Waals surface area contributed by atoms with Crippen LogP contribution >= 0.6 is 15.9 Å². The molecule has 2 aromatic rings. The second-order valence-corrected chi connectivity index (χ2v) is 5.08. The van der Waals surface area contributed by atoms with E-state index in [0.29, 0.717) is 0 Å². The van der Waals surface area contributed by atoms with Crippen LogP contribution in [0.2, 0.25) is 0 Å². The molecular formula is C14H16BrN3. The van der Waals surface area contributed by atoms with Gasteiger partial charge in [0.2, 0.25) is 0 Å². The second-order valence-electron chi connectivity index (χ2n) is 4.22. The zero-order valence-electron chi connectivity index (χ0n) is 10.3. The quantitative estimate of drug-likeness (QED) is 0.851. The molecule has 0 fully saturated rings. The third kappa shape index (κ3) is 3.23. The van der Waals surface area contributed by atoms with E-state index < -0.39 is 0 Å². The number of hydrogen-bond acceptors (Lipinski definition) is 3. The molecule has 0 aliphatic heterocycles. The number of nitrogens with one attached hydrogen (secondary N) is 1. The highest BCUT2D eigenvalue weighted by Gasteiger charge is 2.03. The van der Waals surface area contributed by atoms with Crippen LogP contribution in [0.25, 0.3) is 0 Å². The van der Waals surface area contributed by atoms with Crippen molar-refractivity contribution in [2.45, 2.75) is 13.3 Å². The van der Waals surface area contributed by atoms with Crippen LogP contribution in [0.15, 0.2) is 41.1 Å². The van der Waals surface area contributed by atoms with Gasteiger partial charge >= 0.3 is 0 Å². The normalized spacial score (nSPS) is 10.3. The molecule has 0 saturated carbocycles. The maximum atomic E-state index is 5.84. The number of nitrogen functional groups attached to an aromatic ring is 1. The average Bonchev–Trinajstić information content (AvgIpc) is 2.37. The van der Waals surface area contributed by atoms with E-state index in [4.69, 9.17) is 5.73 Å². The first-order valence-electron chi connectivity index (χ1n) is 5.85. The number of halogens is 1. The molecule has 1 aromatic heterocycles. The van der Waals surface area contributed by atoms with Crippen LogP contribution in [0.5, 0.6) is 0 Å². The van der Waals surface area contributed by atoms with E-state index in [2.05, 4.69) is 32.3 Å². The number of pyridine rings is 1. The van der Waals surface area contributed by atoms with Crippen molar-refractivity contribution in [2.75, 3.05) is 17.6 Å². The van der Waals surface area contributed by atoms with Crippen molar-refractivity contribution in [1.29, 1.82) is 0 Å². The topological polar surface area (TPSA) is 50.9 Å². The first-order valence-corrected chi connectivity index (χ1v) is 6.64. The third-order valence-corrected chi connectivity index (χ3v) is 3.49. The Bertz CT molecular complexity index is 526. The van der Waals surface area contributed by atoms with Gasteiger partial charge in [-0.25, -0.2) is 0 Å². The Labute approximate surface area is 116 Å². The van der Waals surface area contributed by atoms with E-state index in [9.17, 15) is 0 Å². The number of nitrogens with two attached hydrogens (primary N) is 1. The Morgan fingerprint density at radius 1 is 1.28 bits per heavy atom. The predicted octanol–water partition coefficient (Wildman–Crippen LogP) is 3.39. The summed E-state index contributed by atoms with van der Waals surface area (Å²) in [7, 11) is 0. The fourth-order valence-corrected chi connectivity index (χ4v) is 2.22. The van der Waals surface area contributed by atoms with Gasteiger partial charge in [-0.15, -0.1) is 0 Å². The lowest BCUT2D eigenvalue weighted by Crippen LogP contribution is -2.06. The molecule has 3 nitrogen and oxygen atoms in total. The van der Waals surface area contributed by atoms with Crippen LogP contribution in [0, 0.1) is 6.92 Å². The molecule has 18 heavy (non-hydrogen) atoms. The maximum absolute atomic E-state index is 5.84. The minimum Gasteiger partial charge on any atom is -0.398 e. The van der Waals surface area contributed by atoms with Crippen molar-refractivity contribution in [3.05, 3.63) is 52.3 Å². The van der Waals surface area contributed by atoms with Gasteiger partial charge in [-0.05, 0) is 64.7 Å². The van der Waals surface area contributed by atoms with Gasteiger partial charge < -0.3 is 11.1 Å². The van der Waals surface area contributed by atoms with E-state index in [-0.39, 0.29) is 0 Å². The molecule has 0 unspecified atom stereocenters. The monoisotopic (exact) mass is 305 g/mol. The summed E-state index contributed by atoms with van der Waals surface area (Å²) < 4.78 is 1.00. The van der Waals surface area contributed by atoms with Crippen LogP contribution in [0.1, 0.15) is 11.1 Å². The van der Waals surface area contributed by atoms with Crippen molar-refractivity contribution in [3.63, 3.8) is 0 Å². The number of anilines is 2. The summed E-state index contributed by atoms with van der Waals surface area (Å²) >= 11 is 3.52. The summed E-state index contributed by atoms with van der Waals surface area (Å²) in [5, 5.41) is 3.41. The van der Waals surface area contributed by atoms with Gasteiger partial charge in [-0.1, -0.05) is 0 Å². The molecular weight excluding hydrogens is 290 g/mol. The zero-order valence-corrected chi connectivity index (χ0v) is 11.9. The summed E-state index contributed by atoms with van der Waals surface area (Å²) in [5.74, 6) is 0. The number of rotatable bonds is 4. The molecule has 94 valence electrons. The molecule has 3 N–H and O–H groups in total. The third-order valence-electron chi connectivity index (χ3n) is 2.83. The van der Waals surface area contributed by atoms with Gasteiger partial charge in [0, 0.05) is 34.8 Å². The van der Waals surface area contributed by atoms with Crippen molar-refractivity contribution < 1.29 is 0 Å². The highest BCUT2D eigenvalue weighted by Crippen LogP contribution is 2.27. The summed E-state index contributed by atoms with van der Waals surface area (Å²) in [6, 6.07) is 8.06. The number of aromatic nitrogens is 1. The van der Waals surface area contributed by atoms with Gasteiger partial charge in [0.05, 0.1) is 0 Å². The molecule has 0 saturated heterocycles. The number of aryl methyl sites for hydroxylation is 1. The molecule has 0 spiro atoms. The lowest BCUT2D eigenvalue weighted by molar-refractivity contribution is 1.01. The van der Waals surface area contributed by atoms with Crippen LogP contribution < -0.4 is 11.1 Å². The molecule has 1 aromatic carbocycles. The molecule has 0 bridgehead atoms. The van der Waals surface area contributed by atoms with Crippen LogP contribution in [0.4, 0.5) is 11.4 Å². The van der Waals surface area contributed by atoms with Crippen LogP contribution in [-0.2, 0) is 6.42 Å². The molecule has 0 aliphatic carbocycles. The fourth-order valence-electron chi connectivity index (χ4n) is 1.72. The molecule has 2 rings (SSSR count). The Morgan fingerprint density at radius 3 is 2.72 bits per heavy atom. The number of hydrogen-bond donors (Lipinski definition) is 2. The van der Waals surface area contributed by atoms with E-state index in [1.54, 1.807) is 0 Å². The summed E-state index contributed by atoms with van der Waals surface area (Å²) in [5.41, 5.74) is 10.1. The lowest BCUT2D eigenvalue weighted by atomic mass is 10.1. The zero-order chi connectivity index (χ0) is 13.0. The fraction of sp³-hybridized carbons (Fsp3) is 0.214. The number of benzene rings is 1.